The zero-order chi connectivity index (χ0) is 28.7. The zero-order valence-electron chi connectivity index (χ0n) is 23.1. The summed E-state index contributed by atoms with van der Waals surface area (Å²) in [5, 5.41) is 0. The molecule has 1 saturated heterocycles. The smallest absolute Gasteiger partial charge is 0.305 e. The maximum Gasteiger partial charge on any atom is 0.305 e. The third-order valence-electron chi connectivity index (χ3n) is 6.85. The molecule has 1 atom stereocenters. The van der Waals surface area contributed by atoms with Crippen LogP contribution in [0.1, 0.15) is 38.3 Å². The van der Waals surface area contributed by atoms with Crippen LogP contribution in [-0.2, 0) is 42.1 Å². The molecule has 0 aromatic heterocycles. The summed E-state index contributed by atoms with van der Waals surface area (Å²) < 4.78 is 39.3. The molecule has 1 fully saturated rings. The predicted molar refractivity (Wildman–Crippen MR) is 145 cm³/mol. The molecule has 3 rings (SSSR count). The largest absolute Gasteiger partial charge is 0.496 e. The fourth-order valence-electron chi connectivity index (χ4n) is 4.61. The highest BCUT2D eigenvalue weighted by Gasteiger charge is 2.43. The molecule has 0 radical (unpaired) electrons. The van der Waals surface area contributed by atoms with E-state index < -0.39 is 22.0 Å². The Balaban J connectivity index is 1.99. The van der Waals surface area contributed by atoms with E-state index in [9.17, 15) is 22.8 Å². The van der Waals surface area contributed by atoms with Gasteiger partial charge in [0.1, 0.15) is 11.8 Å². The molecule has 0 spiro atoms. The van der Waals surface area contributed by atoms with Crippen molar-refractivity contribution in [2.75, 3.05) is 33.9 Å². The fraction of sp³-hybridized carbons (Fsp3) is 0.464. The molecule has 39 heavy (non-hydrogen) atoms. The van der Waals surface area contributed by atoms with E-state index in [0.717, 1.165) is 5.56 Å². The Bertz CT molecular complexity index is 1280. The van der Waals surface area contributed by atoms with Crippen molar-refractivity contribution in [3.8, 4) is 5.75 Å². The van der Waals surface area contributed by atoms with Crippen molar-refractivity contribution in [1.29, 1.82) is 0 Å². The molecule has 1 unspecified atom stereocenters. The molecule has 2 amide bonds. The second kappa shape index (κ2) is 13.1. The number of methoxy groups -OCH3 is 2. The summed E-state index contributed by atoms with van der Waals surface area (Å²) >= 11 is 0. The van der Waals surface area contributed by atoms with Crippen molar-refractivity contribution in [3.63, 3.8) is 0 Å². The van der Waals surface area contributed by atoms with Crippen LogP contribution in [0, 0.1) is 0 Å². The van der Waals surface area contributed by atoms with Crippen LogP contribution in [0.2, 0.25) is 0 Å². The minimum absolute atomic E-state index is 0.0172. The number of ether oxygens (including phenoxy) is 2. The molecule has 10 nitrogen and oxygen atoms in total. The number of esters is 1. The number of aryl methyl sites for hydroxylation is 1. The average molecular weight is 560 g/mol. The average Bonchev–Trinajstić information content (AvgIpc) is 2.93. The number of sulfonamides is 1. The second-order valence-electron chi connectivity index (χ2n) is 9.69. The number of rotatable bonds is 10. The molecule has 0 saturated carbocycles. The Morgan fingerprint density at radius 2 is 1.74 bits per heavy atom. The lowest BCUT2D eigenvalue weighted by atomic mass is 10.1. The third-order valence-corrected chi connectivity index (χ3v) is 8.75. The van der Waals surface area contributed by atoms with Crippen molar-refractivity contribution in [2.45, 2.75) is 57.1 Å². The van der Waals surface area contributed by atoms with Crippen LogP contribution in [-0.4, -0.2) is 86.2 Å². The lowest BCUT2D eigenvalue weighted by Gasteiger charge is -2.42. The zero-order valence-corrected chi connectivity index (χ0v) is 23.9. The topological polar surface area (TPSA) is 114 Å². The van der Waals surface area contributed by atoms with E-state index in [-0.39, 0.29) is 55.2 Å². The number of piperazine rings is 1. The Labute approximate surface area is 230 Å². The number of carbonyl (C=O) groups is 3. The highest BCUT2D eigenvalue weighted by Crippen LogP contribution is 2.29. The number of hydrogen-bond acceptors (Lipinski definition) is 7. The highest BCUT2D eigenvalue weighted by atomic mass is 32.2. The molecule has 212 valence electrons. The van der Waals surface area contributed by atoms with E-state index >= 15 is 0 Å². The van der Waals surface area contributed by atoms with Gasteiger partial charge in [-0.05, 0) is 49.6 Å². The SMILES string of the molecule is COC(=O)CCc1cc(S(=O)(=O)N2CCN(C(C)=O)CC2C(=O)N(Cc2ccccc2)C(C)C)ccc1OC. The quantitative estimate of drug-likeness (QED) is 0.411. The minimum atomic E-state index is -4.15. The summed E-state index contributed by atoms with van der Waals surface area (Å²) in [7, 11) is -1.40. The van der Waals surface area contributed by atoms with Gasteiger partial charge in [-0.2, -0.15) is 4.31 Å². The minimum Gasteiger partial charge on any atom is -0.496 e. The van der Waals surface area contributed by atoms with E-state index in [1.54, 1.807) is 4.90 Å². The van der Waals surface area contributed by atoms with Crippen molar-refractivity contribution in [3.05, 3.63) is 59.7 Å². The lowest BCUT2D eigenvalue weighted by molar-refractivity contribution is -0.142. The molecule has 0 aliphatic carbocycles. The first-order valence-corrected chi connectivity index (χ1v) is 14.3. The molecule has 1 aliphatic heterocycles. The van der Waals surface area contributed by atoms with Crippen molar-refractivity contribution >= 4 is 27.8 Å². The number of carbonyl (C=O) groups excluding carboxylic acids is 3. The van der Waals surface area contributed by atoms with E-state index in [4.69, 9.17) is 9.47 Å². The normalized spacial score (nSPS) is 16.2. The van der Waals surface area contributed by atoms with Crippen LogP contribution < -0.4 is 4.74 Å². The van der Waals surface area contributed by atoms with Crippen molar-refractivity contribution < 1.29 is 32.3 Å². The fourth-order valence-corrected chi connectivity index (χ4v) is 6.23. The van der Waals surface area contributed by atoms with Gasteiger partial charge in [-0.15, -0.1) is 0 Å². The van der Waals surface area contributed by atoms with Gasteiger partial charge in [-0.3, -0.25) is 14.4 Å². The Hall–Kier alpha value is -3.44. The van der Waals surface area contributed by atoms with Crippen LogP contribution in [0.15, 0.2) is 53.4 Å². The van der Waals surface area contributed by atoms with Gasteiger partial charge in [-0.1, -0.05) is 30.3 Å². The third kappa shape index (κ3) is 7.15. The molecule has 11 heteroatoms. The van der Waals surface area contributed by atoms with Crippen molar-refractivity contribution in [2.24, 2.45) is 0 Å². The number of hydrogen-bond donors (Lipinski definition) is 0. The molecule has 2 aromatic rings. The number of amides is 2. The first kappa shape index (κ1) is 30.1. The first-order chi connectivity index (χ1) is 18.5. The summed E-state index contributed by atoms with van der Waals surface area (Å²) in [4.78, 5) is 41.1. The molecule has 1 heterocycles. The second-order valence-corrected chi connectivity index (χ2v) is 11.6. The lowest BCUT2D eigenvalue weighted by Crippen LogP contribution is -2.62. The van der Waals surface area contributed by atoms with Crippen molar-refractivity contribution in [1.82, 2.24) is 14.1 Å². The number of benzene rings is 2. The van der Waals surface area contributed by atoms with Gasteiger partial charge in [0.25, 0.3) is 0 Å². The van der Waals surface area contributed by atoms with E-state index in [2.05, 4.69) is 0 Å². The monoisotopic (exact) mass is 559 g/mol. The van der Waals surface area contributed by atoms with Crippen LogP contribution >= 0.6 is 0 Å². The van der Waals surface area contributed by atoms with Gasteiger partial charge in [0.15, 0.2) is 0 Å². The molecule has 1 aliphatic rings. The number of nitrogens with zero attached hydrogens (tertiary/aromatic N) is 3. The standard InChI is InChI=1S/C28H37N3O7S/c1-20(2)30(18-22-9-7-6-8-10-22)28(34)25-19-29(21(3)32)15-16-31(25)39(35,36)24-12-13-26(37-4)23(17-24)11-14-27(33)38-5/h6-10,12-13,17,20,25H,11,14-16,18-19H2,1-5H3. The van der Waals surface area contributed by atoms with Crippen LogP contribution in [0.25, 0.3) is 0 Å². The maximum atomic E-state index is 14.0. The molecular formula is C28H37N3O7S. The summed E-state index contributed by atoms with van der Waals surface area (Å²) in [5.41, 5.74) is 1.45. The summed E-state index contributed by atoms with van der Waals surface area (Å²) in [6, 6.07) is 12.6. The van der Waals surface area contributed by atoms with E-state index in [1.807, 2.05) is 44.2 Å². The van der Waals surface area contributed by atoms with Gasteiger partial charge < -0.3 is 19.3 Å². The Kier molecular flexibility index (Phi) is 10.1. The van der Waals surface area contributed by atoms with Gasteiger partial charge in [-0.25, -0.2) is 8.42 Å². The first-order valence-electron chi connectivity index (χ1n) is 12.8. The molecule has 0 bridgehead atoms. The Morgan fingerprint density at radius 1 is 1.05 bits per heavy atom. The highest BCUT2D eigenvalue weighted by molar-refractivity contribution is 7.89. The van der Waals surface area contributed by atoms with Crippen LogP contribution in [0.3, 0.4) is 0 Å². The van der Waals surface area contributed by atoms with E-state index in [0.29, 0.717) is 17.9 Å². The molecule has 2 aromatic carbocycles. The van der Waals surface area contributed by atoms with Crippen LogP contribution in [0.5, 0.6) is 5.75 Å². The predicted octanol–water partition coefficient (Wildman–Crippen LogP) is 2.46. The van der Waals surface area contributed by atoms with Crippen LogP contribution in [0.4, 0.5) is 0 Å². The van der Waals surface area contributed by atoms with Gasteiger partial charge >= 0.3 is 5.97 Å². The van der Waals surface area contributed by atoms with Gasteiger partial charge in [0, 0.05) is 45.6 Å². The Morgan fingerprint density at radius 3 is 2.33 bits per heavy atom. The molecular weight excluding hydrogens is 522 g/mol. The maximum absolute atomic E-state index is 14.0. The summed E-state index contributed by atoms with van der Waals surface area (Å²) in [5.74, 6) is -0.578. The molecule has 0 N–H and O–H groups in total. The summed E-state index contributed by atoms with van der Waals surface area (Å²) in [6.45, 7) is 5.57. The van der Waals surface area contributed by atoms with Gasteiger partial charge in [0.2, 0.25) is 21.8 Å². The summed E-state index contributed by atoms with van der Waals surface area (Å²) in [6.07, 6.45) is 0.273. The van der Waals surface area contributed by atoms with Gasteiger partial charge in [0.05, 0.1) is 19.1 Å². The van der Waals surface area contributed by atoms with E-state index in [1.165, 1.54) is 48.5 Å².